The number of rotatable bonds is 5. The third-order valence-corrected chi connectivity index (χ3v) is 11.2. The van der Waals surface area contributed by atoms with Crippen molar-refractivity contribution in [3.8, 4) is 56.3 Å². The topological polar surface area (TPSA) is 50.9 Å². The van der Waals surface area contributed by atoms with Gasteiger partial charge < -0.3 is 5.11 Å². The van der Waals surface area contributed by atoms with Crippen LogP contribution in [0.5, 0.6) is 5.75 Å². The summed E-state index contributed by atoms with van der Waals surface area (Å²) in [5.41, 5.74) is 13.2. The molecular formula is C48H47N3O. The lowest BCUT2D eigenvalue weighted by Crippen LogP contribution is -2.34. The van der Waals surface area contributed by atoms with Gasteiger partial charge in [0, 0.05) is 28.5 Å². The molecule has 0 radical (unpaired) electrons. The van der Waals surface area contributed by atoms with E-state index in [4.69, 9.17) is 9.97 Å². The van der Waals surface area contributed by atoms with E-state index in [0.717, 1.165) is 80.0 Å². The molecular weight excluding hydrogens is 635 g/mol. The van der Waals surface area contributed by atoms with Crippen molar-refractivity contribution < 1.29 is 5.11 Å². The summed E-state index contributed by atoms with van der Waals surface area (Å²) in [6.07, 6.45) is 3.93. The van der Waals surface area contributed by atoms with Crippen LogP contribution < -0.4 is 0 Å². The highest BCUT2D eigenvalue weighted by atomic mass is 16.3. The monoisotopic (exact) mass is 681 g/mol. The van der Waals surface area contributed by atoms with E-state index in [2.05, 4.69) is 162 Å². The van der Waals surface area contributed by atoms with Crippen molar-refractivity contribution in [1.82, 2.24) is 14.5 Å². The summed E-state index contributed by atoms with van der Waals surface area (Å²) < 4.78 is 2.26. The Bertz CT molecular complexity index is 2450. The molecule has 1 N–H and O–H groups in total. The van der Waals surface area contributed by atoms with Crippen molar-refractivity contribution in [3.05, 3.63) is 144 Å². The van der Waals surface area contributed by atoms with Gasteiger partial charge in [0.05, 0.1) is 28.0 Å². The molecule has 0 saturated heterocycles. The predicted octanol–water partition coefficient (Wildman–Crippen LogP) is 12.4. The fourth-order valence-electron chi connectivity index (χ4n) is 8.09. The van der Waals surface area contributed by atoms with Gasteiger partial charge in [0.25, 0.3) is 0 Å². The van der Waals surface area contributed by atoms with Crippen molar-refractivity contribution >= 4 is 11.0 Å². The number of pyridine rings is 1. The van der Waals surface area contributed by atoms with Crippen LogP contribution in [0.2, 0.25) is 0 Å². The highest BCUT2D eigenvalue weighted by Gasteiger charge is 2.40. The lowest BCUT2D eigenvalue weighted by molar-refractivity contribution is 0.318. The normalized spacial score (nSPS) is 15.1. The van der Waals surface area contributed by atoms with E-state index in [1.165, 1.54) is 11.1 Å². The Kier molecular flexibility index (Phi) is 7.98. The quantitative estimate of drug-likeness (QED) is 0.197. The van der Waals surface area contributed by atoms with Crippen molar-refractivity contribution in [2.24, 2.45) is 0 Å². The van der Waals surface area contributed by atoms with Gasteiger partial charge in [-0.2, -0.15) is 0 Å². The highest BCUT2D eigenvalue weighted by Crippen LogP contribution is 2.52. The first kappa shape index (κ1) is 33.7. The van der Waals surface area contributed by atoms with Crippen LogP contribution in [0.15, 0.2) is 128 Å². The number of phenolic OH excluding ortho intramolecular Hbond substituents is 1. The number of para-hydroxylation sites is 2. The predicted molar refractivity (Wildman–Crippen MR) is 216 cm³/mol. The summed E-state index contributed by atoms with van der Waals surface area (Å²) in [6.45, 7) is 15.9. The highest BCUT2D eigenvalue weighted by molar-refractivity contribution is 5.97. The zero-order valence-corrected chi connectivity index (χ0v) is 31.3. The molecule has 5 aromatic carbocycles. The van der Waals surface area contributed by atoms with Gasteiger partial charge in [0.1, 0.15) is 11.6 Å². The van der Waals surface area contributed by atoms with Gasteiger partial charge in [-0.25, -0.2) is 4.98 Å². The molecule has 0 amide bonds. The second kappa shape index (κ2) is 12.3. The molecule has 1 aliphatic carbocycles. The third kappa shape index (κ3) is 5.71. The molecule has 0 saturated carbocycles. The number of benzene rings is 5. The molecule has 0 bridgehead atoms. The summed E-state index contributed by atoms with van der Waals surface area (Å²) in [7, 11) is 0. The average molecular weight is 682 g/mol. The van der Waals surface area contributed by atoms with E-state index >= 15 is 0 Å². The Morgan fingerprint density at radius 2 is 1.33 bits per heavy atom. The Morgan fingerprint density at radius 3 is 2.08 bits per heavy atom. The first-order valence-electron chi connectivity index (χ1n) is 18.4. The maximum atomic E-state index is 12.5. The molecule has 1 aliphatic rings. The zero-order chi connectivity index (χ0) is 36.4. The Hall–Kier alpha value is -5.48. The van der Waals surface area contributed by atoms with Crippen LogP contribution in [-0.4, -0.2) is 19.6 Å². The summed E-state index contributed by atoms with van der Waals surface area (Å²) in [4.78, 5) is 10.3. The molecule has 2 aromatic heterocycles. The molecule has 0 fully saturated rings. The Morgan fingerprint density at radius 1 is 0.635 bits per heavy atom. The number of nitrogens with zero attached hydrogens (tertiary/aromatic N) is 3. The van der Waals surface area contributed by atoms with E-state index in [0.29, 0.717) is 5.75 Å². The molecule has 2 heterocycles. The molecule has 0 atom stereocenters. The second-order valence-electron chi connectivity index (χ2n) is 16.7. The van der Waals surface area contributed by atoms with Crippen molar-refractivity contribution in [2.45, 2.75) is 77.6 Å². The van der Waals surface area contributed by atoms with Gasteiger partial charge in [-0.1, -0.05) is 127 Å². The molecule has 4 nitrogen and oxygen atoms in total. The van der Waals surface area contributed by atoms with E-state index in [1.807, 2.05) is 18.3 Å². The van der Waals surface area contributed by atoms with Crippen molar-refractivity contribution in [3.63, 3.8) is 0 Å². The van der Waals surface area contributed by atoms with E-state index in [-0.39, 0.29) is 16.2 Å². The van der Waals surface area contributed by atoms with Crippen LogP contribution in [-0.2, 0) is 16.2 Å². The second-order valence-corrected chi connectivity index (χ2v) is 16.7. The van der Waals surface area contributed by atoms with E-state index in [1.54, 1.807) is 0 Å². The smallest absolute Gasteiger partial charge is 0.149 e. The van der Waals surface area contributed by atoms with Gasteiger partial charge >= 0.3 is 0 Å². The summed E-state index contributed by atoms with van der Waals surface area (Å²) in [5.74, 6) is 1.06. The summed E-state index contributed by atoms with van der Waals surface area (Å²) >= 11 is 0. The van der Waals surface area contributed by atoms with Crippen LogP contribution in [0.1, 0.15) is 78.0 Å². The molecule has 8 rings (SSSR count). The third-order valence-electron chi connectivity index (χ3n) is 11.2. The minimum absolute atomic E-state index is 0.0303. The van der Waals surface area contributed by atoms with Gasteiger partial charge in [0.15, 0.2) is 0 Å². The maximum absolute atomic E-state index is 12.5. The van der Waals surface area contributed by atoms with E-state index < -0.39 is 0 Å². The maximum Gasteiger partial charge on any atom is 0.149 e. The average Bonchev–Trinajstić information content (AvgIpc) is 3.53. The first-order valence-corrected chi connectivity index (χ1v) is 18.4. The zero-order valence-electron chi connectivity index (χ0n) is 31.3. The van der Waals surface area contributed by atoms with Gasteiger partial charge in [0.2, 0.25) is 0 Å². The Labute approximate surface area is 307 Å². The number of fused-ring (bicyclic) bond motifs is 2. The van der Waals surface area contributed by atoms with Crippen LogP contribution in [0, 0.1) is 0 Å². The van der Waals surface area contributed by atoms with E-state index in [9.17, 15) is 5.11 Å². The molecule has 52 heavy (non-hydrogen) atoms. The van der Waals surface area contributed by atoms with Gasteiger partial charge in [-0.05, 0) is 93.8 Å². The number of aromatic hydroxyl groups is 1. The molecule has 7 aromatic rings. The molecule has 0 unspecified atom stereocenters. The molecule has 0 aliphatic heterocycles. The number of imidazole rings is 1. The SMILES string of the molecule is CC(C)(C)c1cc(-c2ccccn2)cc(-c2cccc3c2nc(-c2ccc4c(c2O)C(C)(C)CCC4(C)C)n3-c2ccccc2-c2ccccc2)c1. The van der Waals surface area contributed by atoms with Crippen LogP contribution >= 0.6 is 0 Å². The molecule has 4 heteroatoms. The number of hydrogen-bond donors (Lipinski definition) is 1. The van der Waals surface area contributed by atoms with Crippen LogP contribution in [0.3, 0.4) is 0 Å². The molecule has 0 spiro atoms. The molecule has 260 valence electrons. The fourth-order valence-corrected chi connectivity index (χ4v) is 8.09. The first-order chi connectivity index (χ1) is 24.8. The van der Waals surface area contributed by atoms with Crippen LogP contribution in [0.25, 0.3) is 61.6 Å². The van der Waals surface area contributed by atoms with Crippen molar-refractivity contribution in [1.29, 1.82) is 0 Å². The number of aromatic nitrogens is 3. The largest absolute Gasteiger partial charge is 0.507 e. The van der Waals surface area contributed by atoms with Crippen molar-refractivity contribution in [2.75, 3.05) is 0 Å². The van der Waals surface area contributed by atoms with Gasteiger partial charge in [-0.3, -0.25) is 9.55 Å². The van der Waals surface area contributed by atoms with Gasteiger partial charge in [-0.15, -0.1) is 0 Å². The fraction of sp³-hybridized carbons (Fsp3) is 0.250. The minimum atomic E-state index is -0.176. The summed E-state index contributed by atoms with van der Waals surface area (Å²) in [5, 5.41) is 12.5. The Balaban J connectivity index is 1.45. The number of phenols is 1. The lowest BCUT2D eigenvalue weighted by atomic mass is 9.62. The van der Waals surface area contributed by atoms with Crippen LogP contribution in [0.4, 0.5) is 0 Å². The number of hydrogen-bond acceptors (Lipinski definition) is 3. The standard InChI is InChI=1S/C48H47N3O/c1-46(2,3)34-29-32(28-33(30-34)39-20-13-14-27-49-39)36-19-15-22-41-43(36)50-45(51(41)40-21-12-11-18-35(40)31-16-9-8-10-17-31)37-23-24-38-42(44(37)52)48(6,7)26-25-47(38,4)5/h8-24,27-30,52H,25-26H2,1-7H3. The summed E-state index contributed by atoms with van der Waals surface area (Å²) in [6, 6.07) is 42.7. The lowest BCUT2D eigenvalue weighted by Gasteiger charge is -2.42. The minimum Gasteiger partial charge on any atom is -0.507 e.